The van der Waals surface area contributed by atoms with Crippen molar-refractivity contribution in [1.82, 2.24) is 10.2 Å². The summed E-state index contributed by atoms with van der Waals surface area (Å²) in [4.78, 5) is 2.65. The van der Waals surface area contributed by atoms with E-state index in [1.165, 1.54) is 51.6 Å². The van der Waals surface area contributed by atoms with E-state index < -0.39 is 0 Å². The van der Waals surface area contributed by atoms with Crippen LogP contribution in [0.15, 0.2) is 0 Å². The van der Waals surface area contributed by atoms with E-state index in [9.17, 15) is 5.26 Å². The van der Waals surface area contributed by atoms with Crippen molar-refractivity contribution in [1.29, 1.82) is 5.26 Å². The molecule has 0 spiro atoms. The van der Waals surface area contributed by atoms with Crippen LogP contribution in [0.5, 0.6) is 0 Å². The van der Waals surface area contributed by atoms with Gasteiger partial charge in [-0.1, -0.05) is 12.8 Å². The maximum absolute atomic E-state index is 9.38. The predicted octanol–water partition coefficient (Wildman–Crippen LogP) is 2.29. The molecule has 0 aromatic rings. The van der Waals surface area contributed by atoms with E-state index in [0.717, 1.165) is 12.8 Å². The van der Waals surface area contributed by atoms with Crippen molar-refractivity contribution in [2.45, 2.75) is 62.9 Å². The third kappa shape index (κ3) is 3.00. The molecule has 2 rings (SSSR count). The molecule has 0 radical (unpaired) electrons. The van der Waals surface area contributed by atoms with E-state index in [4.69, 9.17) is 0 Å². The van der Waals surface area contributed by atoms with E-state index in [-0.39, 0.29) is 5.54 Å². The topological polar surface area (TPSA) is 39.1 Å². The van der Waals surface area contributed by atoms with Crippen LogP contribution in [-0.4, -0.2) is 36.6 Å². The molecule has 2 unspecified atom stereocenters. The van der Waals surface area contributed by atoms with Crippen LogP contribution in [0.1, 0.15) is 51.4 Å². The van der Waals surface area contributed by atoms with E-state index in [1.807, 2.05) is 7.05 Å². The lowest BCUT2D eigenvalue weighted by Gasteiger charge is -2.41. The standard InChI is InChI=1S/C14H25N3/c1-16-14(12-15)8-6-7-13(11-14)17-9-4-2-3-5-10-17/h13,16H,2-11H2,1H3. The molecule has 1 aliphatic heterocycles. The van der Waals surface area contributed by atoms with Gasteiger partial charge in [0.1, 0.15) is 5.54 Å². The van der Waals surface area contributed by atoms with Crippen molar-refractivity contribution < 1.29 is 0 Å². The fraction of sp³-hybridized carbons (Fsp3) is 0.929. The lowest BCUT2D eigenvalue weighted by Crippen LogP contribution is -2.51. The van der Waals surface area contributed by atoms with Crippen LogP contribution in [0.25, 0.3) is 0 Å². The highest BCUT2D eigenvalue weighted by Crippen LogP contribution is 2.31. The van der Waals surface area contributed by atoms with Gasteiger partial charge in [0.2, 0.25) is 0 Å². The van der Waals surface area contributed by atoms with Crippen LogP contribution in [0, 0.1) is 11.3 Å². The third-order valence-electron chi connectivity index (χ3n) is 4.57. The van der Waals surface area contributed by atoms with Crippen molar-refractivity contribution >= 4 is 0 Å². The third-order valence-corrected chi connectivity index (χ3v) is 4.57. The Kier molecular flexibility index (Phi) is 4.42. The van der Waals surface area contributed by atoms with Crippen molar-refractivity contribution in [2.75, 3.05) is 20.1 Å². The average molecular weight is 235 g/mol. The Hall–Kier alpha value is -0.590. The van der Waals surface area contributed by atoms with E-state index >= 15 is 0 Å². The van der Waals surface area contributed by atoms with Gasteiger partial charge in [-0.25, -0.2) is 0 Å². The molecule has 0 amide bonds. The Morgan fingerprint density at radius 3 is 2.47 bits per heavy atom. The number of nitriles is 1. The summed E-state index contributed by atoms with van der Waals surface area (Å²) in [6.45, 7) is 2.49. The first kappa shape index (κ1) is 12.9. The number of nitrogens with one attached hydrogen (secondary N) is 1. The number of likely N-dealkylation sites (tertiary alicyclic amines) is 1. The van der Waals surface area contributed by atoms with Crippen molar-refractivity contribution in [3.05, 3.63) is 0 Å². The Balaban J connectivity index is 1.98. The molecule has 2 atom stereocenters. The second-order valence-corrected chi connectivity index (χ2v) is 5.64. The summed E-state index contributed by atoms with van der Waals surface area (Å²) in [5.41, 5.74) is -0.255. The Labute approximate surface area is 105 Å². The molecule has 2 fully saturated rings. The summed E-state index contributed by atoms with van der Waals surface area (Å²) < 4.78 is 0. The van der Waals surface area contributed by atoms with Gasteiger partial charge in [-0.05, 0) is 58.7 Å². The van der Waals surface area contributed by atoms with Gasteiger partial charge in [0.05, 0.1) is 6.07 Å². The van der Waals surface area contributed by atoms with Gasteiger partial charge in [-0.2, -0.15) is 5.26 Å². The fourth-order valence-corrected chi connectivity index (χ4v) is 3.40. The van der Waals surface area contributed by atoms with Crippen LogP contribution in [0.2, 0.25) is 0 Å². The molecule has 3 nitrogen and oxygen atoms in total. The minimum Gasteiger partial charge on any atom is -0.302 e. The SMILES string of the molecule is CNC1(C#N)CCCC(N2CCCCCC2)C1. The quantitative estimate of drug-likeness (QED) is 0.798. The van der Waals surface area contributed by atoms with Gasteiger partial charge in [0.25, 0.3) is 0 Å². The molecule has 1 aliphatic carbocycles. The maximum Gasteiger partial charge on any atom is 0.108 e. The molecule has 1 N–H and O–H groups in total. The predicted molar refractivity (Wildman–Crippen MR) is 69.7 cm³/mol. The highest BCUT2D eigenvalue weighted by Gasteiger charge is 2.37. The largest absolute Gasteiger partial charge is 0.302 e. The van der Waals surface area contributed by atoms with E-state index in [1.54, 1.807) is 0 Å². The molecule has 1 heterocycles. The van der Waals surface area contributed by atoms with E-state index in [0.29, 0.717) is 6.04 Å². The molecule has 17 heavy (non-hydrogen) atoms. The Morgan fingerprint density at radius 2 is 1.88 bits per heavy atom. The number of nitrogens with zero attached hydrogens (tertiary/aromatic N) is 2. The van der Waals surface area contributed by atoms with Gasteiger partial charge in [0, 0.05) is 6.04 Å². The Bertz CT molecular complexity index is 276. The Morgan fingerprint density at radius 1 is 1.18 bits per heavy atom. The number of hydrogen-bond donors (Lipinski definition) is 1. The van der Waals surface area contributed by atoms with Crippen molar-refractivity contribution in [3.63, 3.8) is 0 Å². The van der Waals surface area contributed by atoms with Crippen LogP contribution < -0.4 is 5.32 Å². The van der Waals surface area contributed by atoms with Crippen LogP contribution in [-0.2, 0) is 0 Å². The van der Waals surface area contributed by atoms with Gasteiger partial charge < -0.3 is 10.2 Å². The smallest absolute Gasteiger partial charge is 0.108 e. The van der Waals surface area contributed by atoms with Crippen LogP contribution in [0.3, 0.4) is 0 Å². The molecule has 0 bridgehead atoms. The first-order valence-electron chi connectivity index (χ1n) is 7.14. The highest BCUT2D eigenvalue weighted by molar-refractivity contribution is 5.10. The summed E-state index contributed by atoms with van der Waals surface area (Å²) in [7, 11) is 1.94. The fourth-order valence-electron chi connectivity index (χ4n) is 3.40. The molecule has 96 valence electrons. The molecule has 1 saturated heterocycles. The minimum atomic E-state index is -0.255. The molecule has 1 saturated carbocycles. The number of hydrogen-bond acceptors (Lipinski definition) is 3. The van der Waals surface area contributed by atoms with E-state index in [2.05, 4.69) is 16.3 Å². The minimum absolute atomic E-state index is 0.255. The normalized spacial score (nSPS) is 36.1. The molecule has 0 aromatic carbocycles. The molecule has 0 aromatic heterocycles. The highest BCUT2D eigenvalue weighted by atomic mass is 15.2. The van der Waals surface area contributed by atoms with Gasteiger partial charge in [0.15, 0.2) is 0 Å². The van der Waals surface area contributed by atoms with Gasteiger partial charge >= 0.3 is 0 Å². The molecular weight excluding hydrogens is 210 g/mol. The number of rotatable bonds is 2. The lowest BCUT2D eigenvalue weighted by molar-refractivity contribution is 0.126. The second kappa shape index (κ2) is 5.84. The van der Waals surface area contributed by atoms with Crippen LogP contribution >= 0.6 is 0 Å². The maximum atomic E-state index is 9.38. The zero-order chi connectivity index (χ0) is 12.1. The molecule has 2 aliphatic rings. The first-order valence-corrected chi connectivity index (χ1v) is 7.14. The summed E-state index contributed by atoms with van der Waals surface area (Å²) in [6, 6.07) is 3.15. The first-order chi connectivity index (χ1) is 8.29. The van der Waals surface area contributed by atoms with Crippen molar-refractivity contribution in [2.24, 2.45) is 0 Å². The zero-order valence-corrected chi connectivity index (χ0v) is 11.0. The second-order valence-electron chi connectivity index (χ2n) is 5.64. The monoisotopic (exact) mass is 235 g/mol. The molecule has 3 heteroatoms. The summed E-state index contributed by atoms with van der Waals surface area (Å²) >= 11 is 0. The van der Waals surface area contributed by atoms with Gasteiger partial charge in [-0.3, -0.25) is 0 Å². The van der Waals surface area contributed by atoms with Crippen LogP contribution in [0.4, 0.5) is 0 Å². The summed E-state index contributed by atoms with van der Waals surface area (Å²) in [6.07, 6.45) is 9.97. The molecular formula is C14H25N3. The lowest BCUT2D eigenvalue weighted by atomic mass is 9.79. The van der Waals surface area contributed by atoms with Crippen molar-refractivity contribution in [3.8, 4) is 6.07 Å². The average Bonchev–Trinajstić information content (AvgIpc) is 2.67. The zero-order valence-electron chi connectivity index (χ0n) is 11.0. The summed E-state index contributed by atoms with van der Waals surface area (Å²) in [5.74, 6) is 0. The summed E-state index contributed by atoms with van der Waals surface area (Å²) in [5, 5.41) is 12.6. The van der Waals surface area contributed by atoms with Gasteiger partial charge in [-0.15, -0.1) is 0 Å².